The minimum absolute atomic E-state index is 0.434. The fraction of sp³-hybridized carbons (Fsp3) is 0.250. The molecule has 1 aromatic heterocycles. The molecule has 0 fully saturated rings. The fourth-order valence-electron chi connectivity index (χ4n) is 2.88. The van der Waals surface area contributed by atoms with E-state index in [0.29, 0.717) is 10.6 Å². The van der Waals surface area contributed by atoms with Crippen LogP contribution in [0.15, 0.2) is 53.6 Å². The molecule has 27 heavy (non-hydrogen) atoms. The Morgan fingerprint density at radius 1 is 1.19 bits per heavy atom. The van der Waals surface area contributed by atoms with E-state index in [4.69, 9.17) is 17.0 Å². The van der Waals surface area contributed by atoms with Crippen LogP contribution in [0.3, 0.4) is 0 Å². The Hall–Kier alpha value is -2.93. The van der Waals surface area contributed by atoms with Gasteiger partial charge in [0.2, 0.25) is 4.77 Å². The summed E-state index contributed by atoms with van der Waals surface area (Å²) in [4.78, 5) is 2.27. The van der Waals surface area contributed by atoms with Crippen molar-refractivity contribution in [1.82, 2.24) is 14.9 Å². The highest BCUT2D eigenvalue weighted by molar-refractivity contribution is 7.71. The van der Waals surface area contributed by atoms with Crippen molar-refractivity contribution in [2.45, 2.75) is 13.8 Å². The number of aromatic nitrogens is 3. The summed E-state index contributed by atoms with van der Waals surface area (Å²) in [7, 11) is 1.66. The van der Waals surface area contributed by atoms with Gasteiger partial charge in [0.25, 0.3) is 0 Å². The molecular weight excluding hydrogens is 358 g/mol. The van der Waals surface area contributed by atoms with Crippen LogP contribution in [0.25, 0.3) is 11.4 Å². The number of H-pyrrole nitrogens is 1. The van der Waals surface area contributed by atoms with Crippen molar-refractivity contribution in [3.8, 4) is 17.1 Å². The molecule has 0 bridgehead atoms. The van der Waals surface area contributed by atoms with E-state index < -0.39 is 0 Å². The Labute approximate surface area is 164 Å². The van der Waals surface area contributed by atoms with Crippen LogP contribution in [0.1, 0.15) is 19.4 Å². The van der Waals surface area contributed by atoms with Gasteiger partial charge in [-0.15, -0.1) is 0 Å². The van der Waals surface area contributed by atoms with Crippen molar-refractivity contribution in [2.24, 2.45) is 5.10 Å². The van der Waals surface area contributed by atoms with Gasteiger partial charge in [-0.3, -0.25) is 0 Å². The first kappa shape index (κ1) is 18.8. The molecule has 3 aromatic rings. The molecule has 0 saturated heterocycles. The van der Waals surface area contributed by atoms with Gasteiger partial charge in [0.05, 0.1) is 13.3 Å². The zero-order valence-electron chi connectivity index (χ0n) is 15.7. The molecule has 140 valence electrons. The number of rotatable bonds is 7. The first-order chi connectivity index (χ1) is 13.2. The van der Waals surface area contributed by atoms with Gasteiger partial charge < -0.3 is 9.64 Å². The SMILES string of the molecule is CCN(CC)c1ccc(/C=N\n2c(-c3ccccc3)n[nH]c2=S)c(OC)c1. The Bertz CT molecular complexity index is 974. The Morgan fingerprint density at radius 3 is 2.59 bits per heavy atom. The molecular formula is C20H23N5OS. The summed E-state index contributed by atoms with van der Waals surface area (Å²) in [6.45, 7) is 6.16. The molecule has 1 heterocycles. The van der Waals surface area contributed by atoms with Crippen LogP contribution in [0.5, 0.6) is 5.75 Å². The van der Waals surface area contributed by atoms with Gasteiger partial charge in [-0.2, -0.15) is 14.9 Å². The van der Waals surface area contributed by atoms with E-state index in [2.05, 4.69) is 40.1 Å². The molecule has 0 aliphatic heterocycles. The summed E-state index contributed by atoms with van der Waals surface area (Å²) in [6.07, 6.45) is 1.74. The fourth-order valence-corrected chi connectivity index (χ4v) is 3.06. The number of anilines is 1. The predicted octanol–water partition coefficient (Wildman–Crippen LogP) is 4.34. The van der Waals surface area contributed by atoms with Crippen LogP contribution in [0, 0.1) is 4.77 Å². The molecule has 0 aliphatic carbocycles. The number of methoxy groups -OCH3 is 1. The summed E-state index contributed by atoms with van der Waals surface area (Å²) in [6, 6.07) is 15.9. The van der Waals surface area contributed by atoms with Gasteiger partial charge in [0.15, 0.2) is 5.82 Å². The molecule has 3 rings (SSSR count). The van der Waals surface area contributed by atoms with Crippen molar-refractivity contribution < 1.29 is 4.74 Å². The van der Waals surface area contributed by atoms with Crippen LogP contribution in [-0.4, -0.2) is 41.3 Å². The van der Waals surface area contributed by atoms with E-state index in [1.165, 1.54) is 0 Å². The van der Waals surface area contributed by atoms with Gasteiger partial charge in [-0.25, -0.2) is 5.10 Å². The second-order valence-corrected chi connectivity index (χ2v) is 6.26. The molecule has 0 aliphatic rings. The minimum Gasteiger partial charge on any atom is -0.496 e. The number of aromatic amines is 1. The first-order valence-corrected chi connectivity index (χ1v) is 9.29. The van der Waals surface area contributed by atoms with Crippen LogP contribution in [0.2, 0.25) is 0 Å². The number of nitrogens with one attached hydrogen (secondary N) is 1. The molecule has 0 radical (unpaired) electrons. The maximum absolute atomic E-state index is 5.56. The molecule has 0 atom stereocenters. The third-order valence-electron chi connectivity index (χ3n) is 4.34. The zero-order valence-corrected chi connectivity index (χ0v) is 16.5. The summed E-state index contributed by atoms with van der Waals surface area (Å²) in [5, 5.41) is 11.6. The van der Waals surface area contributed by atoms with Gasteiger partial charge in [-0.05, 0) is 38.2 Å². The van der Waals surface area contributed by atoms with Gasteiger partial charge >= 0.3 is 0 Å². The minimum atomic E-state index is 0.434. The number of ether oxygens (including phenoxy) is 1. The third-order valence-corrected chi connectivity index (χ3v) is 4.60. The maximum atomic E-state index is 5.56. The van der Waals surface area contributed by atoms with Crippen molar-refractivity contribution in [2.75, 3.05) is 25.1 Å². The van der Waals surface area contributed by atoms with Crippen LogP contribution < -0.4 is 9.64 Å². The summed E-state index contributed by atoms with van der Waals surface area (Å²) >= 11 is 5.33. The van der Waals surface area contributed by atoms with Gasteiger partial charge in [-0.1, -0.05) is 30.3 Å². The molecule has 0 spiro atoms. The number of hydrogen-bond acceptors (Lipinski definition) is 5. The molecule has 1 N–H and O–H groups in total. The van der Waals surface area contributed by atoms with E-state index in [-0.39, 0.29) is 0 Å². The zero-order chi connectivity index (χ0) is 19.2. The lowest BCUT2D eigenvalue weighted by Gasteiger charge is -2.21. The lowest BCUT2D eigenvalue weighted by Crippen LogP contribution is -2.21. The van der Waals surface area contributed by atoms with E-state index in [9.17, 15) is 0 Å². The van der Waals surface area contributed by atoms with E-state index in [1.807, 2.05) is 42.5 Å². The lowest BCUT2D eigenvalue weighted by atomic mass is 10.2. The summed E-state index contributed by atoms with van der Waals surface area (Å²) < 4.78 is 7.61. The van der Waals surface area contributed by atoms with Crippen LogP contribution in [0.4, 0.5) is 5.69 Å². The monoisotopic (exact) mass is 381 g/mol. The number of hydrogen-bond donors (Lipinski definition) is 1. The summed E-state index contributed by atoms with van der Waals surface area (Å²) in [5.74, 6) is 1.43. The quantitative estimate of drug-likeness (QED) is 0.488. The second-order valence-electron chi connectivity index (χ2n) is 5.87. The van der Waals surface area contributed by atoms with Gasteiger partial charge in [0.1, 0.15) is 5.75 Å². The smallest absolute Gasteiger partial charge is 0.216 e. The molecule has 2 aromatic carbocycles. The standard InChI is InChI=1S/C20H23N5OS/c1-4-24(5-2)17-12-11-16(18(13-17)26-3)14-21-25-19(22-23-20(25)27)15-9-7-6-8-10-15/h6-14H,4-5H2,1-3H3,(H,23,27)/b21-14-. The predicted molar refractivity (Wildman–Crippen MR) is 112 cm³/mol. The van der Waals surface area contributed by atoms with E-state index >= 15 is 0 Å². The highest BCUT2D eigenvalue weighted by atomic mass is 32.1. The highest BCUT2D eigenvalue weighted by Crippen LogP contribution is 2.25. The molecule has 0 amide bonds. The van der Waals surface area contributed by atoms with Crippen LogP contribution >= 0.6 is 12.2 Å². The summed E-state index contributed by atoms with van der Waals surface area (Å²) in [5.41, 5.74) is 2.93. The van der Waals surface area contributed by atoms with Crippen molar-refractivity contribution >= 4 is 24.1 Å². The number of benzene rings is 2. The number of nitrogens with zero attached hydrogens (tertiary/aromatic N) is 4. The van der Waals surface area contributed by atoms with Gasteiger partial charge in [0, 0.05) is 36.0 Å². The Kier molecular flexibility index (Phi) is 6.03. The third kappa shape index (κ3) is 4.09. The normalized spacial score (nSPS) is 11.1. The Morgan fingerprint density at radius 2 is 1.93 bits per heavy atom. The maximum Gasteiger partial charge on any atom is 0.216 e. The van der Waals surface area contributed by atoms with Crippen LogP contribution in [-0.2, 0) is 0 Å². The average Bonchev–Trinajstić information content (AvgIpc) is 3.08. The first-order valence-electron chi connectivity index (χ1n) is 8.88. The molecule has 0 saturated carbocycles. The molecule has 0 unspecified atom stereocenters. The van der Waals surface area contributed by atoms with Crippen molar-refractivity contribution in [3.05, 3.63) is 58.9 Å². The largest absolute Gasteiger partial charge is 0.496 e. The van der Waals surface area contributed by atoms with Crippen molar-refractivity contribution in [1.29, 1.82) is 0 Å². The van der Waals surface area contributed by atoms with E-state index in [1.54, 1.807) is 18.0 Å². The van der Waals surface area contributed by atoms with E-state index in [0.717, 1.165) is 35.7 Å². The highest BCUT2D eigenvalue weighted by Gasteiger charge is 2.09. The average molecular weight is 382 g/mol. The molecule has 7 heteroatoms. The topological polar surface area (TPSA) is 58.4 Å². The second kappa shape index (κ2) is 8.64. The Balaban J connectivity index is 1.95. The van der Waals surface area contributed by atoms with Crippen molar-refractivity contribution in [3.63, 3.8) is 0 Å². The lowest BCUT2D eigenvalue weighted by molar-refractivity contribution is 0.414. The molecule has 6 nitrogen and oxygen atoms in total.